The number of benzene rings is 10. The van der Waals surface area contributed by atoms with Crippen LogP contribution in [0.2, 0.25) is 0 Å². The number of rotatable bonds is 7. The molecule has 300 valence electrons. The van der Waals surface area contributed by atoms with Gasteiger partial charge in [0.15, 0.2) is 13.7 Å². The van der Waals surface area contributed by atoms with E-state index < -0.39 is 242 Å². The van der Waals surface area contributed by atoms with Gasteiger partial charge in [0.2, 0.25) is 0 Å². The first-order valence-electron chi connectivity index (χ1n) is 32.9. The Labute approximate surface area is 407 Å². The topological polar surface area (TPSA) is 23.0 Å². The van der Waals surface area contributed by atoms with Crippen LogP contribution in [0.25, 0.3) is 88.1 Å². The SMILES string of the molecule is [2H]c1c([2H])c([2H])c(-c2cccc([Si](c3ccccc3)(c3ccccc3)c3c([2H])c([2H])c([2H])c(-n4c5c([2H])c([2H])c([2H])c([2H])c5c5c([2H])c(-n6c7c([2H])c([2H])c([2H])c([2H])c7c7c([2H])c([2H])c([2H])c([2H])c76)c6oc7c([2H])c([2H])c([2H])c([2H])c7c6c54)c3[2H])c2)c([2H])c1[2H]. The van der Waals surface area contributed by atoms with Gasteiger partial charge in [-0.05, 0) is 74.2 Å². The second-order valence-corrected chi connectivity index (χ2v) is 18.6. The third kappa shape index (κ3) is 5.33. The second-order valence-electron chi connectivity index (χ2n) is 14.8. The van der Waals surface area contributed by atoms with Gasteiger partial charge in [-0.25, -0.2) is 0 Å². The number of furan rings is 1. The van der Waals surface area contributed by atoms with Gasteiger partial charge in [0.05, 0.1) is 68.8 Å². The molecule has 3 aromatic heterocycles. The Morgan fingerprint density at radius 2 is 0.969 bits per heavy atom. The summed E-state index contributed by atoms with van der Waals surface area (Å²) in [5.74, 6) is 0. The molecular weight excluding hydrogens is 793 g/mol. The molecule has 0 saturated heterocycles. The molecule has 3 nitrogen and oxygen atoms in total. The molecule has 4 heteroatoms. The Hall–Kier alpha value is -8.18. The van der Waals surface area contributed by atoms with Gasteiger partial charge in [-0.2, -0.15) is 0 Å². The maximum atomic E-state index is 10.9. The molecule has 0 atom stereocenters. The fourth-order valence-corrected chi connectivity index (χ4v) is 13.5. The van der Waals surface area contributed by atoms with Crippen molar-refractivity contribution in [3.63, 3.8) is 0 Å². The van der Waals surface area contributed by atoms with Gasteiger partial charge in [0, 0.05) is 32.6 Å². The van der Waals surface area contributed by atoms with E-state index in [4.69, 9.17) is 20.9 Å². The van der Waals surface area contributed by atoms with Crippen LogP contribution in [0.3, 0.4) is 0 Å². The average molecular weight is 859 g/mol. The molecule has 13 aromatic rings. The molecule has 0 fully saturated rings. The smallest absolute Gasteiger partial charge is 0.179 e. The van der Waals surface area contributed by atoms with Crippen molar-refractivity contribution in [2.24, 2.45) is 0 Å². The van der Waals surface area contributed by atoms with E-state index in [2.05, 4.69) is 0 Å². The van der Waals surface area contributed by atoms with Crippen molar-refractivity contribution in [3.8, 4) is 22.5 Å². The molecule has 10 aromatic carbocycles. The van der Waals surface area contributed by atoms with Gasteiger partial charge in [-0.15, -0.1) is 0 Å². The van der Waals surface area contributed by atoms with Crippen LogP contribution in [0.15, 0.2) is 246 Å². The van der Waals surface area contributed by atoms with Gasteiger partial charge < -0.3 is 13.6 Å². The highest BCUT2D eigenvalue weighted by Crippen LogP contribution is 2.45. The molecular formula is C60H40N2OSi. The van der Waals surface area contributed by atoms with Crippen molar-refractivity contribution < 1.29 is 40.1 Å². The zero-order valence-corrected chi connectivity index (χ0v) is 33.9. The summed E-state index contributed by atoms with van der Waals surface area (Å²) >= 11 is 0. The van der Waals surface area contributed by atoms with Crippen LogP contribution in [0.1, 0.15) is 35.6 Å². The van der Waals surface area contributed by atoms with Crippen LogP contribution in [0.4, 0.5) is 0 Å². The minimum atomic E-state index is -4.54. The molecule has 0 spiro atoms. The van der Waals surface area contributed by atoms with Gasteiger partial charge in [0.25, 0.3) is 0 Å². The first-order chi connectivity index (χ1) is 42.6. The van der Waals surface area contributed by atoms with E-state index in [1.807, 2.05) is 0 Å². The Morgan fingerprint density at radius 3 is 1.64 bits per heavy atom. The van der Waals surface area contributed by atoms with Crippen LogP contribution in [-0.2, 0) is 0 Å². The molecule has 0 unspecified atom stereocenters. The predicted octanol–water partition coefficient (Wildman–Crippen LogP) is 12.8. The van der Waals surface area contributed by atoms with E-state index in [1.54, 1.807) is 78.9 Å². The van der Waals surface area contributed by atoms with E-state index in [9.17, 15) is 19.2 Å². The van der Waals surface area contributed by atoms with Crippen molar-refractivity contribution in [2.75, 3.05) is 0 Å². The van der Waals surface area contributed by atoms with Crippen molar-refractivity contribution >= 4 is 94.4 Å². The summed E-state index contributed by atoms with van der Waals surface area (Å²) in [5.41, 5.74) is -4.79. The molecule has 0 bridgehead atoms. The largest absolute Gasteiger partial charge is 0.454 e. The third-order valence-electron chi connectivity index (χ3n) is 11.6. The van der Waals surface area contributed by atoms with Crippen LogP contribution in [-0.4, -0.2) is 17.2 Å². The van der Waals surface area contributed by atoms with Crippen molar-refractivity contribution in [3.05, 3.63) is 242 Å². The molecule has 0 aliphatic carbocycles. The lowest BCUT2D eigenvalue weighted by Gasteiger charge is -2.35. The number of aromatic nitrogens is 2. The molecule has 0 N–H and O–H groups in total. The van der Waals surface area contributed by atoms with Gasteiger partial charge in [0.1, 0.15) is 5.58 Å². The number of fused-ring (bicyclic) bond motifs is 10. The lowest BCUT2D eigenvalue weighted by atomic mass is 10.1. The Bertz CT molecular complexity index is 5310. The van der Waals surface area contributed by atoms with Crippen LogP contribution >= 0.6 is 0 Å². The molecule has 13 rings (SSSR count). The predicted molar refractivity (Wildman–Crippen MR) is 271 cm³/mol. The summed E-state index contributed by atoms with van der Waals surface area (Å²) in [5, 5.41) is -1.94. The lowest BCUT2D eigenvalue weighted by molar-refractivity contribution is 0.666. The highest BCUT2D eigenvalue weighted by atomic mass is 28.3. The zero-order valence-electron chi connectivity index (χ0n) is 58.9. The average Bonchev–Trinajstić information content (AvgIpc) is 1.47. The maximum absolute atomic E-state index is 10.9. The quantitative estimate of drug-likeness (QED) is 0.116. The molecule has 64 heavy (non-hydrogen) atoms. The molecule has 3 heterocycles. The lowest BCUT2D eigenvalue weighted by Crippen LogP contribution is -2.74. The number of para-hydroxylation sites is 4. The fourth-order valence-electron chi connectivity index (χ4n) is 9.01. The minimum absolute atomic E-state index is 0.125. The summed E-state index contributed by atoms with van der Waals surface area (Å²) in [6, 6.07) is 3.17. The summed E-state index contributed by atoms with van der Waals surface area (Å²) in [7, 11) is -4.54. The first kappa shape index (κ1) is 19.1. The van der Waals surface area contributed by atoms with Crippen LogP contribution < -0.4 is 20.7 Å². The highest BCUT2D eigenvalue weighted by Gasteiger charge is 2.42. The van der Waals surface area contributed by atoms with Crippen molar-refractivity contribution in [1.82, 2.24) is 9.13 Å². The van der Waals surface area contributed by atoms with Crippen LogP contribution in [0.5, 0.6) is 0 Å². The van der Waals surface area contributed by atoms with Gasteiger partial charge in [-0.1, -0.05) is 200 Å². The standard InChI is InChI=1S/C60H40N2OSi/c1-4-20-41(21-5-1)42-22-18-28-46(38-42)64(44-24-6-2-7-25-44,45-26-8-3-9-27-45)47-29-19-23-43(39-47)61-53-34-14-12-32-50(53)52-40-56(60-58(59(52)61)51-33-13-17-37-57(51)63-60)62-54-35-15-10-30-48(54)49-31-11-16-36-55(49)62/h1-40H/i1D,4D,5D,10D,11D,12D,13D,14D,15D,16D,17D,19D,20D,21D,23D,29D,30D,31D,32D,33D,34D,35D,36D,37D,39D,40D. The van der Waals surface area contributed by atoms with Crippen molar-refractivity contribution in [2.45, 2.75) is 0 Å². The minimum Gasteiger partial charge on any atom is -0.454 e. The van der Waals surface area contributed by atoms with E-state index in [1.165, 1.54) is 6.07 Å². The van der Waals surface area contributed by atoms with Crippen LogP contribution in [0, 0.1) is 0 Å². The van der Waals surface area contributed by atoms with E-state index in [0.29, 0.717) is 15.6 Å². The van der Waals surface area contributed by atoms with Gasteiger partial charge >= 0.3 is 0 Å². The number of nitrogens with zero attached hydrogens (tertiary/aromatic N) is 2. The molecule has 0 aliphatic heterocycles. The summed E-state index contributed by atoms with van der Waals surface area (Å²) in [6.07, 6.45) is 0. The Kier molecular flexibility index (Phi) is 4.30. The Balaban J connectivity index is 1.31. The number of hydrogen-bond acceptors (Lipinski definition) is 1. The fraction of sp³-hybridized carbons (Fsp3) is 0. The molecule has 0 radical (unpaired) electrons. The van der Waals surface area contributed by atoms with E-state index in [0.717, 1.165) is 9.13 Å². The summed E-state index contributed by atoms with van der Waals surface area (Å²) in [4.78, 5) is 0. The monoisotopic (exact) mass is 858 g/mol. The zero-order chi connectivity index (χ0) is 64.8. The first-order valence-corrected chi connectivity index (χ1v) is 21.9. The normalized spacial score (nSPS) is 17.8. The van der Waals surface area contributed by atoms with E-state index >= 15 is 0 Å². The third-order valence-corrected chi connectivity index (χ3v) is 16.2. The van der Waals surface area contributed by atoms with E-state index in [-0.39, 0.29) is 16.3 Å². The molecule has 0 aliphatic rings. The Morgan fingerprint density at radius 1 is 0.406 bits per heavy atom. The van der Waals surface area contributed by atoms with Gasteiger partial charge in [-0.3, -0.25) is 0 Å². The second kappa shape index (κ2) is 14.5. The molecule has 0 amide bonds. The molecule has 0 saturated carbocycles. The summed E-state index contributed by atoms with van der Waals surface area (Å²) in [6.45, 7) is 0. The maximum Gasteiger partial charge on any atom is 0.179 e. The highest BCUT2D eigenvalue weighted by molar-refractivity contribution is 7.20. The number of hydrogen-bond donors (Lipinski definition) is 0. The summed E-state index contributed by atoms with van der Waals surface area (Å²) < 4.78 is 251. The van der Waals surface area contributed by atoms with Crippen molar-refractivity contribution in [1.29, 1.82) is 0 Å².